The Morgan fingerprint density at radius 2 is 1.90 bits per heavy atom. The van der Waals surface area contributed by atoms with Gasteiger partial charge in [-0.3, -0.25) is 0 Å². The first-order valence-corrected chi connectivity index (χ1v) is 10.6. The van der Waals surface area contributed by atoms with E-state index in [1.807, 2.05) is 24.3 Å². The average molecular weight is 424 g/mol. The number of nitrogens with zero attached hydrogens (tertiary/aromatic N) is 3. The third-order valence-electron chi connectivity index (χ3n) is 5.57. The first-order chi connectivity index (χ1) is 15.1. The number of aromatic nitrogens is 3. The number of rotatable bonds is 7. The van der Waals surface area contributed by atoms with Gasteiger partial charge in [-0.15, -0.1) is 0 Å². The third-order valence-corrected chi connectivity index (χ3v) is 5.57. The maximum absolute atomic E-state index is 6.28. The van der Waals surface area contributed by atoms with Crippen LogP contribution in [0.25, 0.3) is 11.0 Å². The van der Waals surface area contributed by atoms with Crippen molar-refractivity contribution in [3.63, 3.8) is 0 Å². The van der Waals surface area contributed by atoms with Crippen molar-refractivity contribution in [1.29, 1.82) is 0 Å². The number of hydrogen-bond acceptors (Lipinski definition) is 8. The lowest BCUT2D eigenvalue weighted by atomic mass is 10.1. The summed E-state index contributed by atoms with van der Waals surface area (Å²) < 4.78 is 16.3. The van der Waals surface area contributed by atoms with E-state index in [0.717, 1.165) is 72.3 Å². The number of benzene rings is 1. The number of ether oxygens (including phenoxy) is 3. The fourth-order valence-electron chi connectivity index (χ4n) is 3.85. The standard InChI is InChI=1S/C23H29N5O3/c1-4-18-23(26-15-7-9-31-10-8-15)28-19-12-16(25-22(24)21(19)27-18)11-14-5-6-17(29-2)13-20(14)30-3/h5-6,12-13,15H,4,7-11H2,1-3H3,(H2,24,25)(H,26,28). The molecule has 31 heavy (non-hydrogen) atoms. The molecule has 2 aromatic heterocycles. The lowest BCUT2D eigenvalue weighted by Crippen LogP contribution is -2.29. The van der Waals surface area contributed by atoms with Gasteiger partial charge in [0.25, 0.3) is 0 Å². The molecule has 1 saturated heterocycles. The van der Waals surface area contributed by atoms with E-state index in [-0.39, 0.29) is 0 Å². The van der Waals surface area contributed by atoms with Crippen LogP contribution in [-0.2, 0) is 17.6 Å². The second-order valence-corrected chi connectivity index (χ2v) is 7.62. The summed E-state index contributed by atoms with van der Waals surface area (Å²) in [6.07, 6.45) is 3.25. The Labute approximate surface area is 182 Å². The summed E-state index contributed by atoms with van der Waals surface area (Å²) in [6.45, 7) is 3.61. The van der Waals surface area contributed by atoms with Gasteiger partial charge in [-0.1, -0.05) is 13.0 Å². The minimum absolute atomic E-state index is 0.341. The average Bonchev–Trinajstić information content (AvgIpc) is 2.79. The van der Waals surface area contributed by atoms with Crippen LogP contribution in [0.1, 0.15) is 36.7 Å². The van der Waals surface area contributed by atoms with E-state index in [1.54, 1.807) is 14.2 Å². The van der Waals surface area contributed by atoms with Crippen molar-refractivity contribution in [2.45, 2.75) is 38.6 Å². The highest BCUT2D eigenvalue weighted by molar-refractivity contribution is 5.86. The van der Waals surface area contributed by atoms with Gasteiger partial charge >= 0.3 is 0 Å². The van der Waals surface area contributed by atoms with Crippen LogP contribution in [0.2, 0.25) is 0 Å². The number of pyridine rings is 1. The monoisotopic (exact) mass is 423 g/mol. The maximum Gasteiger partial charge on any atom is 0.151 e. The van der Waals surface area contributed by atoms with Gasteiger partial charge in [-0.25, -0.2) is 15.0 Å². The van der Waals surface area contributed by atoms with Crippen LogP contribution in [-0.4, -0.2) is 48.4 Å². The molecule has 1 fully saturated rings. The van der Waals surface area contributed by atoms with E-state index in [1.165, 1.54) is 0 Å². The number of nitrogens with two attached hydrogens (primary N) is 1. The number of nitrogens with one attached hydrogen (secondary N) is 1. The van der Waals surface area contributed by atoms with E-state index in [0.29, 0.717) is 23.8 Å². The number of hydrogen-bond donors (Lipinski definition) is 2. The van der Waals surface area contributed by atoms with E-state index >= 15 is 0 Å². The molecule has 0 amide bonds. The minimum Gasteiger partial charge on any atom is -0.497 e. The van der Waals surface area contributed by atoms with Gasteiger partial charge in [0.1, 0.15) is 22.8 Å². The van der Waals surface area contributed by atoms with Gasteiger partial charge in [0, 0.05) is 43.0 Å². The Morgan fingerprint density at radius 1 is 1.10 bits per heavy atom. The molecular weight excluding hydrogens is 394 g/mol. The normalized spacial score (nSPS) is 14.5. The predicted molar refractivity (Wildman–Crippen MR) is 121 cm³/mol. The molecular formula is C23H29N5O3. The summed E-state index contributed by atoms with van der Waals surface area (Å²) in [4.78, 5) is 14.3. The van der Waals surface area contributed by atoms with E-state index in [2.05, 4.69) is 17.2 Å². The fourth-order valence-corrected chi connectivity index (χ4v) is 3.85. The van der Waals surface area contributed by atoms with Gasteiger partial charge in [-0.2, -0.15) is 0 Å². The van der Waals surface area contributed by atoms with Gasteiger partial charge in [0.2, 0.25) is 0 Å². The number of fused-ring (bicyclic) bond motifs is 1. The minimum atomic E-state index is 0.341. The Kier molecular flexibility index (Phi) is 6.36. The molecule has 8 heteroatoms. The van der Waals surface area contributed by atoms with E-state index in [4.69, 9.17) is 29.9 Å². The number of methoxy groups -OCH3 is 2. The Morgan fingerprint density at radius 3 is 2.61 bits per heavy atom. The predicted octanol–water partition coefficient (Wildman–Crippen LogP) is 3.37. The third kappa shape index (κ3) is 4.64. The molecule has 0 unspecified atom stereocenters. The van der Waals surface area contributed by atoms with Crippen LogP contribution in [0.3, 0.4) is 0 Å². The molecule has 0 saturated carbocycles. The molecule has 0 spiro atoms. The molecule has 3 aromatic rings. The second kappa shape index (κ2) is 9.34. The quantitative estimate of drug-likeness (QED) is 0.596. The first kappa shape index (κ1) is 21.1. The Hall–Kier alpha value is -3.13. The highest BCUT2D eigenvalue weighted by Gasteiger charge is 2.18. The summed E-state index contributed by atoms with van der Waals surface area (Å²) in [6, 6.07) is 8.04. The summed E-state index contributed by atoms with van der Waals surface area (Å²) in [7, 11) is 3.28. The smallest absolute Gasteiger partial charge is 0.151 e. The maximum atomic E-state index is 6.28. The molecule has 8 nitrogen and oxygen atoms in total. The molecule has 0 atom stereocenters. The zero-order chi connectivity index (χ0) is 21.8. The van der Waals surface area contributed by atoms with Crippen LogP contribution in [0.15, 0.2) is 24.3 Å². The zero-order valence-electron chi connectivity index (χ0n) is 18.3. The molecule has 4 rings (SSSR count). The summed E-state index contributed by atoms with van der Waals surface area (Å²) >= 11 is 0. The lowest BCUT2D eigenvalue weighted by Gasteiger charge is -2.24. The Balaban J connectivity index is 1.68. The molecule has 1 aliphatic heterocycles. The van der Waals surface area contributed by atoms with Crippen molar-refractivity contribution in [1.82, 2.24) is 15.0 Å². The summed E-state index contributed by atoms with van der Waals surface area (Å²) in [5, 5.41) is 3.56. The number of aryl methyl sites for hydroxylation is 1. The van der Waals surface area contributed by atoms with Crippen molar-refractivity contribution >= 4 is 22.7 Å². The van der Waals surface area contributed by atoms with E-state index < -0.39 is 0 Å². The molecule has 164 valence electrons. The van der Waals surface area contributed by atoms with Crippen LogP contribution < -0.4 is 20.5 Å². The van der Waals surface area contributed by atoms with Crippen molar-refractivity contribution in [3.05, 3.63) is 41.2 Å². The van der Waals surface area contributed by atoms with Crippen LogP contribution in [0, 0.1) is 0 Å². The van der Waals surface area contributed by atoms with Crippen LogP contribution in [0.4, 0.5) is 11.6 Å². The highest BCUT2D eigenvalue weighted by Crippen LogP contribution is 2.28. The molecule has 3 N–H and O–H groups in total. The van der Waals surface area contributed by atoms with Gasteiger partial charge in [0.15, 0.2) is 5.82 Å². The summed E-state index contributed by atoms with van der Waals surface area (Å²) in [5.74, 6) is 2.70. The number of anilines is 2. The Bertz CT molecular complexity index is 1070. The van der Waals surface area contributed by atoms with Crippen molar-refractivity contribution in [2.75, 3.05) is 38.5 Å². The number of nitrogen functional groups attached to an aromatic ring is 1. The largest absolute Gasteiger partial charge is 0.497 e. The zero-order valence-corrected chi connectivity index (χ0v) is 18.3. The molecule has 0 aliphatic carbocycles. The second-order valence-electron chi connectivity index (χ2n) is 7.62. The van der Waals surface area contributed by atoms with Gasteiger partial charge < -0.3 is 25.3 Å². The molecule has 3 heterocycles. The SMILES string of the molecule is CCc1nc2c(N)nc(Cc3ccc(OC)cc3OC)cc2nc1NC1CCOCC1. The first-order valence-electron chi connectivity index (χ1n) is 10.6. The van der Waals surface area contributed by atoms with Gasteiger partial charge in [-0.05, 0) is 31.4 Å². The van der Waals surface area contributed by atoms with Crippen LogP contribution in [0.5, 0.6) is 11.5 Å². The topological polar surface area (TPSA) is 104 Å². The molecule has 1 aliphatic rings. The van der Waals surface area contributed by atoms with E-state index in [9.17, 15) is 0 Å². The van der Waals surface area contributed by atoms with Crippen LogP contribution >= 0.6 is 0 Å². The molecule has 0 bridgehead atoms. The van der Waals surface area contributed by atoms with Crippen molar-refractivity contribution in [3.8, 4) is 11.5 Å². The van der Waals surface area contributed by atoms with Gasteiger partial charge in [0.05, 0.1) is 25.4 Å². The van der Waals surface area contributed by atoms with Crippen molar-refractivity contribution < 1.29 is 14.2 Å². The fraction of sp³-hybridized carbons (Fsp3) is 0.435. The van der Waals surface area contributed by atoms with Crippen molar-refractivity contribution in [2.24, 2.45) is 0 Å². The lowest BCUT2D eigenvalue weighted by molar-refractivity contribution is 0.0903. The summed E-state index contributed by atoms with van der Waals surface area (Å²) in [5.41, 5.74) is 10.4. The molecule has 0 radical (unpaired) electrons. The molecule has 1 aromatic carbocycles. The highest BCUT2D eigenvalue weighted by atomic mass is 16.5.